The van der Waals surface area contributed by atoms with E-state index in [0.717, 1.165) is 64.2 Å². The van der Waals surface area contributed by atoms with Gasteiger partial charge in [0.05, 0.1) is 19.8 Å². The number of rotatable bonds is 38. The van der Waals surface area contributed by atoms with E-state index in [-0.39, 0.29) is 19.4 Å². The molecule has 0 rings (SSSR count). The Labute approximate surface area is 322 Å². The van der Waals surface area contributed by atoms with Crippen molar-refractivity contribution in [1.82, 2.24) is 0 Å². The maximum atomic E-state index is 12.6. The van der Waals surface area contributed by atoms with Gasteiger partial charge in [0.15, 0.2) is 6.10 Å². The van der Waals surface area contributed by atoms with Crippen molar-refractivity contribution in [1.29, 1.82) is 0 Å². The number of esters is 2. The molecule has 0 aromatic rings. The van der Waals surface area contributed by atoms with Gasteiger partial charge in [0.25, 0.3) is 0 Å². The molecule has 3 atom stereocenters. The van der Waals surface area contributed by atoms with Crippen LogP contribution in [-0.2, 0) is 32.7 Å². The van der Waals surface area contributed by atoms with Crippen molar-refractivity contribution < 1.29 is 47.8 Å². The fraction of sp³-hybridized carbons (Fsp3) is 0.762. The van der Waals surface area contributed by atoms with Gasteiger partial charge in [-0.05, 0) is 57.8 Å². The molecule has 0 fully saturated rings. The Kier molecular flexibility index (Phi) is 36.7. The van der Waals surface area contributed by atoms with E-state index in [2.05, 4.69) is 42.7 Å². The molecule has 0 aliphatic heterocycles. The van der Waals surface area contributed by atoms with Crippen molar-refractivity contribution in [2.24, 2.45) is 0 Å². The molecule has 0 saturated carbocycles. The highest BCUT2D eigenvalue weighted by atomic mass is 31.2. The largest absolute Gasteiger partial charge is 0.472 e. The van der Waals surface area contributed by atoms with E-state index in [1.54, 1.807) is 0 Å². The van der Waals surface area contributed by atoms with E-state index in [4.69, 9.17) is 19.1 Å². The average Bonchev–Trinajstić information content (AvgIpc) is 3.14. The van der Waals surface area contributed by atoms with Crippen LogP contribution in [0.2, 0.25) is 0 Å². The first-order valence-electron chi connectivity index (χ1n) is 20.6. The number of phosphoric acid groups is 1. The molecule has 2 unspecified atom stereocenters. The van der Waals surface area contributed by atoms with Gasteiger partial charge in [-0.3, -0.25) is 18.6 Å². The van der Waals surface area contributed by atoms with Crippen LogP contribution in [0.5, 0.6) is 0 Å². The van der Waals surface area contributed by atoms with Gasteiger partial charge in [-0.1, -0.05) is 146 Å². The lowest BCUT2D eigenvalue weighted by atomic mass is 10.1. The summed E-state index contributed by atoms with van der Waals surface area (Å²) in [5, 5.41) is 18.3. The zero-order valence-electron chi connectivity index (χ0n) is 33.2. The van der Waals surface area contributed by atoms with Crippen molar-refractivity contribution >= 4 is 19.8 Å². The summed E-state index contributed by atoms with van der Waals surface area (Å²) in [7, 11) is -4.62. The van der Waals surface area contributed by atoms with Gasteiger partial charge in [0.2, 0.25) is 0 Å². The molecule has 0 aliphatic rings. The minimum atomic E-state index is -4.62. The third kappa shape index (κ3) is 38.0. The van der Waals surface area contributed by atoms with Gasteiger partial charge >= 0.3 is 19.8 Å². The van der Waals surface area contributed by atoms with Crippen molar-refractivity contribution in [3.8, 4) is 0 Å². The predicted molar refractivity (Wildman–Crippen MR) is 214 cm³/mol. The number of hydrogen-bond donors (Lipinski definition) is 3. The van der Waals surface area contributed by atoms with Crippen LogP contribution < -0.4 is 0 Å². The van der Waals surface area contributed by atoms with E-state index in [1.165, 1.54) is 64.2 Å². The number of carbonyl (C=O) groups excluding carboxylic acids is 2. The molecule has 0 bridgehead atoms. The molecule has 0 spiro atoms. The lowest BCUT2D eigenvalue weighted by molar-refractivity contribution is -0.161. The van der Waals surface area contributed by atoms with E-state index < -0.39 is 51.8 Å². The molecule has 0 aromatic heterocycles. The minimum absolute atomic E-state index is 0.159. The first-order chi connectivity index (χ1) is 25.7. The van der Waals surface area contributed by atoms with Crippen LogP contribution in [0.1, 0.15) is 168 Å². The first-order valence-corrected chi connectivity index (χ1v) is 22.1. The summed E-state index contributed by atoms with van der Waals surface area (Å²) in [5.41, 5.74) is 0. The number of aliphatic hydroxyl groups excluding tert-OH is 2. The van der Waals surface area contributed by atoms with Crippen LogP contribution in [-0.4, -0.2) is 65.7 Å². The van der Waals surface area contributed by atoms with Crippen LogP contribution in [0.4, 0.5) is 0 Å². The molecule has 0 radical (unpaired) electrons. The summed E-state index contributed by atoms with van der Waals surface area (Å²) in [5.74, 6) is -0.956. The number of phosphoric ester groups is 1. The fourth-order valence-corrected chi connectivity index (χ4v) is 6.13. The number of carbonyl (C=O) groups is 2. The van der Waals surface area contributed by atoms with Crippen LogP contribution in [0.15, 0.2) is 48.6 Å². The lowest BCUT2D eigenvalue weighted by Gasteiger charge is -2.20. The zero-order valence-corrected chi connectivity index (χ0v) is 34.1. The normalized spacial score (nSPS) is 14.4. The SMILES string of the molecule is CC/C=C/C=C/C=C/CCCCCCCC(=O)OC(COC(=O)CCCCCCCCC/C=C/CCCCCCCC)COP(=O)(O)OC[C@@H](O)CO. The van der Waals surface area contributed by atoms with Gasteiger partial charge in [-0.15, -0.1) is 0 Å². The Balaban J connectivity index is 4.33. The maximum absolute atomic E-state index is 12.6. The minimum Gasteiger partial charge on any atom is -0.462 e. The predicted octanol–water partition coefficient (Wildman–Crippen LogP) is 10.6. The topological polar surface area (TPSA) is 149 Å². The lowest BCUT2D eigenvalue weighted by Crippen LogP contribution is -2.29. The molecular weight excluding hydrogens is 695 g/mol. The molecule has 3 N–H and O–H groups in total. The van der Waals surface area contributed by atoms with Crippen LogP contribution >= 0.6 is 7.82 Å². The second-order valence-electron chi connectivity index (χ2n) is 13.7. The van der Waals surface area contributed by atoms with Gasteiger partial charge in [-0.25, -0.2) is 4.57 Å². The highest BCUT2D eigenvalue weighted by Crippen LogP contribution is 2.43. The molecule has 0 amide bonds. The number of unbranched alkanes of at least 4 members (excludes halogenated alkanes) is 18. The van der Waals surface area contributed by atoms with Crippen LogP contribution in [0.25, 0.3) is 0 Å². The summed E-state index contributed by atoms with van der Waals surface area (Å²) < 4.78 is 32.6. The zero-order chi connectivity index (χ0) is 39.1. The first kappa shape index (κ1) is 50.9. The third-order valence-electron chi connectivity index (χ3n) is 8.53. The van der Waals surface area contributed by atoms with Crippen molar-refractivity contribution in [3.05, 3.63) is 48.6 Å². The summed E-state index contributed by atoms with van der Waals surface area (Å²) >= 11 is 0. The van der Waals surface area contributed by atoms with Crippen LogP contribution in [0, 0.1) is 0 Å². The van der Waals surface area contributed by atoms with Gasteiger partial charge in [0.1, 0.15) is 12.7 Å². The summed E-state index contributed by atoms with van der Waals surface area (Å²) in [6.07, 6.45) is 39.4. The quantitative estimate of drug-likeness (QED) is 0.0182. The Hall–Kier alpha value is -2.07. The smallest absolute Gasteiger partial charge is 0.462 e. The van der Waals surface area contributed by atoms with E-state index >= 15 is 0 Å². The molecule has 11 heteroatoms. The highest BCUT2D eigenvalue weighted by Gasteiger charge is 2.27. The maximum Gasteiger partial charge on any atom is 0.472 e. The third-order valence-corrected chi connectivity index (χ3v) is 9.48. The van der Waals surface area contributed by atoms with E-state index in [9.17, 15) is 24.2 Å². The number of ether oxygens (including phenoxy) is 2. The van der Waals surface area contributed by atoms with Crippen LogP contribution in [0.3, 0.4) is 0 Å². The van der Waals surface area contributed by atoms with Crippen molar-refractivity contribution in [2.45, 2.75) is 180 Å². The molecule has 0 heterocycles. The van der Waals surface area contributed by atoms with Gasteiger partial charge in [0, 0.05) is 12.8 Å². The second-order valence-corrected chi connectivity index (χ2v) is 15.1. The molecule has 0 aromatic carbocycles. The molecule has 0 saturated heterocycles. The molecule has 10 nitrogen and oxygen atoms in total. The molecular formula is C42H75O10P. The molecule has 308 valence electrons. The Morgan fingerprint density at radius 3 is 1.60 bits per heavy atom. The molecule has 53 heavy (non-hydrogen) atoms. The van der Waals surface area contributed by atoms with Gasteiger partial charge in [-0.2, -0.15) is 0 Å². The monoisotopic (exact) mass is 771 g/mol. The second kappa shape index (κ2) is 38.2. The highest BCUT2D eigenvalue weighted by molar-refractivity contribution is 7.47. The standard InChI is InChI=1S/C42H75O10P/c1-3-5-7-9-11-13-15-17-18-19-20-22-23-25-27-29-31-33-41(45)49-37-40(38-51-53(47,48)50-36-39(44)35-43)52-42(46)34-32-30-28-26-24-21-16-14-12-10-8-6-4-2/h6,8,10,12,14,16-18,39-40,43-44H,3-5,7,9,11,13,15,19-38H2,1-2H3,(H,47,48)/b8-6+,12-10+,16-14+,18-17+/t39-,40?/m0/s1. The van der Waals surface area contributed by atoms with E-state index in [1.807, 2.05) is 24.3 Å². The van der Waals surface area contributed by atoms with Crippen molar-refractivity contribution in [2.75, 3.05) is 26.4 Å². The number of hydrogen-bond acceptors (Lipinski definition) is 9. The summed E-state index contributed by atoms with van der Waals surface area (Å²) in [4.78, 5) is 34.9. The average molecular weight is 771 g/mol. The fourth-order valence-electron chi connectivity index (χ4n) is 5.34. The Morgan fingerprint density at radius 1 is 0.585 bits per heavy atom. The summed E-state index contributed by atoms with van der Waals surface area (Å²) in [6, 6.07) is 0. The summed E-state index contributed by atoms with van der Waals surface area (Å²) in [6.45, 7) is 2.20. The van der Waals surface area contributed by atoms with Crippen molar-refractivity contribution in [3.63, 3.8) is 0 Å². The number of aliphatic hydroxyl groups is 2. The molecule has 0 aliphatic carbocycles. The Bertz CT molecular complexity index is 1030. The van der Waals surface area contributed by atoms with E-state index in [0.29, 0.717) is 12.8 Å². The van der Waals surface area contributed by atoms with Gasteiger partial charge < -0.3 is 24.6 Å². The Morgan fingerprint density at radius 2 is 1.06 bits per heavy atom. The number of allylic oxidation sites excluding steroid dienone is 8.